The van der Waals surface area contributed by atoms with Gasteiger partial charge in [0.2, 0.25) is 0 Å². The van der Waals surface area contributed by atoms with Gasteiger partial charge in [-0.25, -0.2) is 0 Å². The van der Waals surface area contributed by atoms with Crippen molar-refractivity contribution >= 4 is 11.9 Å². The van der Waals surface area contributed by atoms with E-state index in [2.05, 4.69) is 0 Å². The quantitative estimate of drug-likeness (QED) is 0.784. The molecule has 1 aliphatic heterocycles. The number of methoxy groups -OCH3 is 1. The molecule has 0 bridgehead atoms. The molecule has 5 heteroatoms. The molecule has 0 radical (unpaired) electrons. The van der Waals surface area contributed by atoms with Crippen LogP contribution >= 0.6 is 0 Å². The van der Waals surface area contributed by atoms with E-state index in [0.29, 0.717) is 28.4 Å². The first kappa shape index (κ1) is 17.6. The topological polar surface area (TPSA) is 68.6 Å². The van der Waals surface area contributed by atoms with Gasteiger partial charge in [-0.1, -0.05) is 12.1 Å². The van der Waals surface area contributed by atoms with Gasteiger partial charge in [-0.05, 0) is 54.8 Å². The molecule has 5 nitrogen and oxygen atoms in total. The fraction of sp³-hybridized carbons (Fsp3) is 0.238. The number of nitrogens with zero attached hydrogens (tertiary/aromatic N) is 1. The second-order valence-electron chi connectivity index (χ2n) is 6.10. The van der Waals surface area contributed by atoms with Crippen LogP contribution in [0.15, 0.2) is 35.9 Å². The summed E-state index contributed by atoms with van der Waals surface area (Å²) in [6.07, 6.45) is 1.79. The van der Waals surface area contributed by atoms with Gasteiger partial charge in [-0.3, -0.25) is 4.79 Å². The van der Waals surface area contributed by atoms with Crippen molar-refractivity contribution in [2.45, 2.75) is 13.8 Å². The van der Waals surface area contributed by atoms with Gasteiger partial charge in [0.15, 0.2) is 23.9 Å². The second kappa shape index (κ2) is 7.32. The Kier molecular flexibility index (Phi) is 4.94. The van der Waals surface area contributed by atoms with Crippen LogP contribution in [0, 0.1) is 25.2 Å². The van der Waals surface area contributed by atoms with Crippen LogP contribution in [-0.4, -0.2) is 26.1 Å². The first-order valence-electron chi connectivity index (χ1n) is 8.20. The summed E-state index contributed by atoms with van der Waals surface area (Å²) in [5.41, 5.74) is 3.98. The van der Waals surface area contributed by atoms with Crippen LogP contribution in [0.5, 0.6) is 17.2 Å². The average Bonchev–Trinajstić information content (AvgIpc) is 2.62. The lowest BCUT2D eigenvalue weighted by Crippen LogP contribution is -2.20. The molecule has 3 rings (SSSR count). The Balaban J connectivity index is 1.93. The zero-order valence-corrected chi connectivity index (χ0v) is 15.0. The van der Waals surface area contributed by atoms with Gasteiger partial charge in [0, 0.05) is 5.57 Å². The number of fused-ring (bicyclic) bond motifs is 1. The summed E-state index contributed by atoms with van der Waals surface area (Å²) in [5, 5.41) is 8.63. The Labute approximate surface area is 152 Å². The molecular formula is C21H19NO4. The van der Waals surface area contributed by atoms with Crippen LogP contribution < -0.4 is 14.2 Å². The SMILES string of the molecule is COc1cc(C=C2COc3cc(C)cc(C)c3C2=O)ccc1OCC#N. The van der Waals surface area contributed by atoms with Crippen LogP contribution in [0.1, 0.15) is 27.0 Å². The Bertz CT molecular complexity index is 938. The smallest absolute Gasteiger partial charge is 0.196 e. The maximum Gasteiger partial charge on any atom is 0.196 e. The number of carbonyl (C=O) groups is 1. The van der Waals surface area contributed by atoms with Crippen LogP contribution in [0.2, 0.25) is 0 Å². The van der Waals surface area contributed by atoms with E-state index in [4.69, 9.17) is 19.5 Å². The average molecular weight is 349 g/mol. The number of hydrogen-bond donors (Lipinski definition) is 0. The zero-order valence-electron chi connectivity index (χ0n) is 15.0. The monoisotopic (exact) mass is 349 g/mol. The largest absolute Gasteiger partial charge is 0.493 e. The number of Topliss-reactive ketones (excluding diaryl/α,β-unsaturated/α-hetero) is 1. The lowest BCUT2D eigenvalue weighted by molar-refractivity contribution is 0.1000. The molecule has 0 saturated heterocycles. The predicted molar refractivity (Wildman–Crippen MR) is 97.8 cm³/mol. The summed E-state index contributed by atoms with van der Waals surface area (Å²) < 4.78 is 16.4. The van der Waals surface area contributed by atoms with Crippen molar-refractivity contribution in [2.24, 2.45) is 0 Å². The standard InChI is InChI=1S/C21H19NO4/c1-13-8-14(2)20-19(9-13)26-12-16(21(20)23)10-15-4-5-17(25-7-6-22)18(11-15)24-3/h4-5,8-11H,7,12H2,1-3H3. The van der Waals surface area contributed by atoms with Crippen molar-refractivity contribution in [2.75, 3.05) is 20.3 Å². The zero-order chi connectivity index (χ0) is 18.7. The highest BCUT2D eigenvalue weighted by Gasteiger charge is 2.25. The fourth-order valence-electron chi connectivity index (χ4n) is 3.03. The first-order chi connectivity index (χ1) is 12.5. The molecule has 1 aliphatic rings. The van der Waals surface area contributed by atoms with Gasteiger partial charge in [-0.15, -0.1) is 0 Å². The lowest BCUT2D eigenvalue weighted by Gasteiger charge is -2.21. The summed E-state index contributed by atoms with van der Waals surface area (Å²) >= 11 is 0. The minimum atomic E-state index is -0.0569. The number of nitriles is 1. The Morgan fingerprint density at radius 1 is 1.23 bits per heavy atom. The molecule has 132 valence electrons. The predicted octanol–water partition coefficient (Wildman–Crippen LogP) is 3.87. The highest BCUT2D eigenvalue weighted by atomic mass is 16.5. The Morgan fingerprint density at radius 3 is 2.77 bits per heavy atom. The molecule has 2 aromatic rings. The molecular weight excluding hydrogens is 330 g/mol. The molecule has 0 saturated carbocycles. The maximum atomic E-state index is 12.9. The molecule has 0 N–H and O–H groups in total. The highest BCUT2D eigenvalue weighted by molar-refractivity contribution is 6.14. The summed E-state index contributed by atoms with van der Waals surface area (Å²) in [6, 6.07) is 11.1. The van der Waals surface area contributed by atoms with Crippen LogP contribution in [0.3, 0.4) is 0 Å². The van der Waals surface area contributed by atoms with E-state index in [9.17, 15) is 4.79 Å². The van der Waals surface area contributed by atoms with Crippen molar-refractivity contribution in [3.05, 3.63) is 58.2 Å². The third-order valence-electron chi connectivity index (χ3n) is 4.17. The van der Waals surface area contributed by atoms with Crippen molar-refractivity contribution in [3.8, 4) is 23.3 Å². The summed E-state index contributed by atoms with van der Waals surface area (Å²) in [6.45, 7) is 4.07. The number of rotatable bonds is 4. The van der Waals surface area contributed by atoms with Crippen molar-refractivity contribution in [1.29, 1.82) is 5.26 Å². The molecule has 2 aromatic carbocycles. The first-order valence-corrected chi connectivity index (χ1v) is 8.20. The number of ketones is 1. The van der Waals surface area contributed by atoms with E-state index in [1.165, 1.54) is 7.11 Å². The number of aryl methyl sites for hydroxylation is 2. The van der Waals surface area contributed by atoms with Gasteiger partial charge in [0.25, 0.3) is 0 Å². The van der Waals surface area contributed by atoms with E-state index in [1.807, 2.05) is 38.1 Å². The molecule has 0 amide bonds. The summed E-state index contributed by atoms with van der Waals surface area (Å²) in [5.74, 6) is 1.61. The second-order valence-corrected chi connectivity index (χ2v) is 6.10. The summed E-state index contributed by atoms with van der Waals surface area (Å²) in [4.78, 5) is 12.9. The normalized spacial score (nSPS) is 14.4. The molecule has 0 aromatic heterocycles. The molecule has 0 unspecified atom stereocenters. The number of ether oxygens (including phenoxy) is 3. The van der Waals surface area contributed by atoms with Crippen LogP contribution in [0.4, 0.5) is 0 Å². The fourth-order valence-corrected chi connectivity index (χ4v) is 3.03. The van der Waals surface area contributed by atoms with Gasteiger partial charge in [-0.2, -0.15) is 5.26 Å². The van der Waals surface area contributed by atoms with E-state index < -0.39 is 0 Å². The molecule has 0 atom stereocenters. The van der Waals surface area contributed by atoms with Gasteiger partial charge >= 0.3 is 0 Å². The van der Waals surface area contributed by atoms with E-state index in [1.54, 1.807) is 18.2 Å². The van der Waals surface area contributed by atoms with Gasteiger partial charge in [0.05, 0.1) is 12.7 Å². The molecule has 0 aliphatic carbocycles. The minimum absolute atomic E-state index is 0.0208. The Morgan fingerprint density at radius 2 is 2.04 bits per heavy atom. The van der Waals surface area contributed by atoms with Gasteiger partial charge in [0.1, 0.15) is 18.4 Å². The number of carbonyl (C=O) groups excluding carboxylic acids is 1. The highest BCUT2D eigenvalue weighted by Crippen LogP contribution is 2.33. The van der Waals surface area contributed by atoms with Crippen LogP contribution in [-0.2, 0) is 0 Å². The maximum absolute atomic E-state index is 12.9. The van der Waals surface area contributed by atoms with E-state index >= 15 is 0 Å². The van der Waals surface area contributed by atoms with E-state index in [-0.39, 0.29) is 19.0 Å². The van der Waals surface area contributed by atoms with Crippen molar-refractivity contribution in [1.82, 2.24) is 0 Å². The minimum Gasteiger partial charge on any atom is -0.493 e. The molecule has 26 heavy (non-hydrogen) atoms. The van der Waals surface area contributed by atoms with Crippen molar-refractivity contribution < 1.29 is 19.0 Å². The van der Waals surface area contributed by atoms with Crippen molar-refractivity contribution in [3.63, 3.8) is 0 Å². The Hall–Kier alpha value is -3.26. The van der Waals surface area contributed by atoms with E-state index in [0.717, 1.165) is 16.7 Å². The number of hydrogen-bond acceptors (Lipinski definition) is 5. The lowest BCUT2D eigenvalue weighted by atomic mass is 9.93. The molecule has 1 heterocycles. The third kappa shape index (κ3) is 3.40. The van der Waals surface area contributed by atoms with Gasteiger partial charge < -0.3 is 14.2 Å². The molecule has 0 fully saturated rings. The molecule has 0 spiro atoms. The summed E-state index contributed by atoms with van der Waals surface area (Å²) in [7, 11) is 1.53. The number of benzene rings is 2. The van der Waals surface area contributed by atoms with Crippen LogP contribution in [0.25, 0.3) is 6.08 Å². The third-order valence-corrected chi connectivity index (χ3v) is 4.17.